The molecular formula is C25H23F4N5O2. The van der Waals surface area contributed by atoms with E-state index in [-0.39, 0.29) is 23.1 Å². The van der Waals surface area contributed by atoms with Gasteiger partial charge in [0, 0.05) is 41.5 Å². The maximum atomic E-state index is 15.2. The molecule has 1 aliphatic carbocycles. The number of H-pyrrole nitrogens is 1. The zero-order valence-electron chi connectivity index (χ0n) is 19.2. The van der Waals surface area contributed by atoms with E-state index in [1.165, 1.54) is 12.3 Å². The highest BCUT2D eigenvalue weighted by Gasteiger charge is 2.34. The van der Waals surface area contributed by atoms with Crippen molar-refractivity contribution in [3.8, 4) is 11.8 Å². The molecule has 1 atom stereocenters. The van der Waals surface area contributed by atoms with Crippen LogP contribution in [0.2, 0.25) is 0 Å². The molecule has 2 aromatic heterocycles. The standard InChI is InChI=1S/C25H23F4N5O2/c26-17-12-32-23-22(21-14(11-30)2-1-3-19(21)33-23)20(17)13-6-8-34(9-7-13)24(35)16-5-4-15(10-18(16)31)36-25(27,28)29/h4-5,10,12-14H,1-3,6-9,31H2,(H,32,33). The molecule has 1 amide bonds. The van der Waals surface area contributed by atoms with Gasteiger partial charge < -0.3 is 20.4 Å². The molecule has 7 nitrogen and oxygen atoms in total. The number of amides is 1. The maximum absolute atomic E-state index is 15.2. The minimum Gasteiger partial charge on any atom is -0.406 e. The number of hydrogen-bond donors (Lipinski definition) is 2. The van der Waals surface area contributed by atoms with Crippen LogP contribution in [0.15, 0.2) is 24.4 Å². The number of fused-ring (bicyclic) bond motifs is 3. The number of nitrogens with one attached hydrogen (secondary N) is 1. The second kappa shape index (κ2) is 9.00. The van der Waals surface area contributed by atoms with Crippen molar-refractivity contribution in [3.05, 3.63) is 52.6 Å². The number of likely N-dealkylation sites (tertiary alicyclic amines) is 1. The van der Waals surface area contributed by atoms with Crippen LogP contribution in [0, 0.1) is 17.1 Å². The fraction of sp³-hybridized carbons (Fsp3) is 0.400. The van der Waals surface area contributed by atoms with E-state index >= 15 is 4.39 Å². The number of nitrogens with zero attached hydrogens (tertiary/aromatic N) is 3. The van der Waals surface area contributed by atoms with Crippen molar-refractivity contribution in [2.45, 2.75) is 50.3 Å². The van der Waals surface area contributed by atoms with Gasteiger partial charge in [0.05, 0.1) is 23.7 Å². The third kappa shape index (κ3) is 4.32. The number of nitrogens with two attached hydrogens (primary N) is 1. The fourth-order valence-corrected chi connectivity index (χ4v) is 5.44. The van der Waals surface area contributed by atoms with Crippen molar-refractivity contribution in [2.24, 2.45) is 0 Å². The summed E-state index contributed by atoms with van der Waals surface area (Å²) in [6.07, 6.45) is -0.325. The molecular weight excluding hydrogens is 478 g/mol. The van der Waals surface area contributed by atoms with Crippen LogP contribution in [0.25, 0.3) is 11.0 Å². The number of aromatic amines is 1. The van der Waals surface area contributed by atoms with Gasteiger partial charge in [0.2, 0.25) is 0 Å². The molecule has 3 N–H and O–H groups in total. The number of anilines is 1. The van der Waals surface area contributed by atoms with Crippen molar-refractivity contribution in [3.63, 3.8) is 0 Å². The SMILES string of the molecule is N#CC1CCCc2[nH]c3ncc(F)c(C4CCN(C(=O)c5ccc(OC(F)(F)F)cc5N)CC4)c3c21. The van der Waals surface area contributed by atoms with E-state index in [9.17, 15) is 23.2 Å². The number of benzene rings is 1. The van der Waals surface area contributed by atoms with Crippen molar-refractivity contribution < 1.29 is 27.1 Å². The number of carbonyl (C=O) groups excluding carboxylic acids is 1. The Labute approximate surface area is 203 Å². The summed E-state index contributed by atoms with van der Waals surface area (Å²) in [5.74, 6) is -1.84. The van der Waals surface area contributed by atoms with E-state index in [1.807, 2.05) is 0 Å². The summed E-state index contributed by atoms with van der Waals surface area (Å²) in [5, 5.41) is 10.4. The van der Waals surface area contributed by atoms with Crippen LogP contribution < -0.4 is 10.5 Å². The van der Waals surface area contributed by atoms with Crippen molar-refractivity contribution in [2.75, 3.05) is 18.8 Å². The molecule has 36 heavy (non-hydrogen) atoms. The van der Waals surface area contributed by atoms with Crippen molar-refractivity contribution in [1.82, 2.24) is 14.9 Å². The number of aromatic nitrogens is 2. The average molecular weight is 501 g/mol. The highest BCUT2D eigenvalue weighted by Crippen LogP contribution is 2.42. The Morgan fingerprint density at radius 1 is 1.22 bits per heavy atom. The van der Waals surface area contributed by atoms with Crippen LogP contribution in [0.4, 0.5) is 23.2 Å². The summed E-state index contributed by atoms with van der Waals surface area (Å²) in [6.45, 7) is 0.641. The van der Waals surface area contributed by atoms with Gasteiger partial charge in [0.25, 0.3) is 5.91 Å². The molecule has 1 saturated heterocycles. The lowest BCUT2D eigenvalue weighted by molar-refractivity contribution is -0.274. The Morgan fingerprint density at radius 2 is 1.97 bits per heavy atom. The van der Waals surface area contributed by atoms with Gasteiger partial charge in [-0.05, 0) is 55.7 Å². The summed E-state index contributed by atoms with van der Waals surface area (Å²) >= 11 is 0. The van der Waals surface area contributed by atoms with Crippen LogP contribution in [0.3, 0.4) is 0 Å². The molecule has 0 saturated carbocycles. The van der Waals surface area contributed by atoms with Crippen molar-refractivity contribution in [1.29, 1.82) is 5.26 Å². The summed E-state index contributed by atoms with van der Waals surface area (Å²) in [4.78, 5) is 22.1. The Kier molecular flexibility index (Phi) is 5.98. The fourth-order valence-electron chi connectivity index (χ4n) is 5.44. The number of hydrogen-bond acceptors (Lipinski definition) is 5. The summed E-state index contributed by atoms with van der Waals surface area (Å²) in [6, 6.07) is 5.58. The van der Waals surface area contributed by atoms with Gasteiger partial charge in [0.15, 0.2) is 0 Å². The predicted molar refractivity (Wildman–Crippen MR) is 123 cm³/mol. The minimum absolute atomic E-state index is 0.0806. The van der Waals surface area contributed by atoms with E-state index < -0.39 is 23.8 Å². The molecule has 1 fully saturated rings. The lowest BCUT2D eigenvalue weighted by Crippen LogP contribution is -2.38. The minimum atomic E-state index is -4.86. The molecule has 1 aliphatic heterocycles. The van der Waals surface area contributed by atoms with Gasteiger partial charge >= 0.3 is 6.36 Å². The maximum Gasteiger partial charge on any atom is 0.573 e. The molecule has 0 radical (unpaired) electrons. The number of piperidine rings is 1. The number of nitrogen functional groups attached to an aromatic ring is 1. The first kappa shape index (κ1) is 23.9. The summed E-state index contributed by atoms with van der Waals surface area (Å²) in [7, 11) is 0. The number of halogens is 4. The van der Waals surface area contributed by atoms with Gasteiger partial charge in [-0.15, -0.1) is 13.2 Å². The van der Waals surface area contributed by atoms with E-state index in [2.05, 4.69) is 20.8 Å². The van der Waals surface area contributed by atoms with Crippen LogP contribution in [-0.4, -0.2) is 40.2 Å². The number of carbonyl (C=O) groups is 1. The smallest absolute Gasteiger partial charge is 0.406 e. The zero-order chi connectivity index (χ0) is 25.6. The molecule has 188 valence electrons. The van der Waals surface area contributed by atoms with Crippen LogP contribution >= 0.6 is 0 Å². The largest absolute Gasteiger partial charge is 0.573 e. The second-order valence-corrected chi connectivity index (χ2v) is 9.20. The number of ether oxygens (including phenoxy) is 1. The zero-order valence-corrected chi connectivity index (χ0v) is 19.2. The molecule has 3 aromatic rings. The number of aryl methyl sites for hydroxylation is 1. The lowest BCUT2D eigenvalue weighted by atomic mass is 9.81. The quantitative estimate of drug-likeness (QED) is 0.381. The third-order valence-corrected chi connectivity index (χ3v) is 7.04. The first-order valence-electron chi connectivity index (χ1n) is 11.7. The predicted octanol–water partition coefficient (Wildman–Crippen LogP) is 5.15. The molecule has 2 aliphatic rings. The first-order valence-corrected chi connectivity index (χ1v) is 11.7. The second-order valence-electron chi connectivity index (χ2n) is 9.20. The topological polar surface area (TPSA) is 108 Å². The normalized spacial score (nSPS) is 18.6. The average Bonchev–Trinajstić information content (AvgIpc) is 3.22. The van der Waals surface area contributed by atoms with Gasteiger partial charge in [0.1, 0.15) is 17.2 Å². The first-order chi connectivity index (χ1) is 17.2. The highest BCUT2D eigenvalue weighted by atomic mass is 19.4. The van der Waals surface area contributed by atoms with Crippen molar-refractivity contribution >= 4 is 22.6 Å². The molecule has 0 spiro atoms. The van der Waals surface area contributed by atoms with E-state index in [4.69, 9.17) is 5.73 Å². The molecule has 5 rings (SSSR count). The molecule has 1 unspecified atom stereocenters. The Bertz CT molecular complexity index is 1370. The van der Waals surface area contributed by atoms with E-state index in [1.54, 1.807) is 4.90 Å². The van der Waals surface area contributed by atoms with Crippen LogP contribution in [0.5, 0.6) is 5.75 Å². The number of pyridine rings is 1. The Morgan fingerprint density at radius 3 is 2.64 bits per heavy atom. The summed E-state index contributed by atoms with van der Waals surface area (Å²) < 4.78 is 56.4. The van der Waals surface area contributed by atoms with E-state index in [0.717, 1.165) is 36.2 Å². The van der Waals surface area contributed by atoms with E-state index in [0.29, 0.717) is 48.9 Å². The number of nitriles is 1. The number of alkyl halides is 3. The van der Waals surface area contributed by atoms with Crippen LogP contribution in [0.1, 0.15) is 64.7 Å². The Balaban J connectivity index is 1.37. The third-order valence-electron chi connectivity index (χ3n) is 7.04. The van der Waals surface area contributed by atoms with Gasteiger partial charge in [-0.2, -0.15) is 5.26 Å². The molecule has 1 aromatic carbocycles. The molecule has 3 heterocycles. The summed E-state index contributed by atoms with van der Waals surface area (Å²) in [5.41, 5.74) is 8.69. The lowest BCUT2D eigenvalue weighted by Gasteiger charge is -2.33. The number of rotatable bonds is 3. The molecule has 0 bridgehead atoms. The molecule has 11 heteroatoms. The van der Waals surface area contributed by atoms with Gasteiger partial charge in [-0.25, -0.2) is 9.37 Å². The highest BCUT2D eigenvalue weighted by molar-refractivity contribution is 5.99. The van der Waals surface area contributed by atoms with Gasteiger partial charge in [-0.3, -0.25) is 4.79 Å². The monoisotopic (exact) mass is 501 g/mol. The van der Waals surface area contributed by atoms with Crippen LogP contribution in [-0.2, 0) is 6.42 Å². The van der Waals surface area contributed by atoms with Gasteiger partial charge in [-0.1, -0.05) is 0 Å². The Hall–Kier alpha value is -3.81.